The summed E-state index contributed by atoms with van der Waals surface area (Å²) in [6, 6.07) is 3.78. The van der Waals surface area contributed by atoms with Crippen molar-refractivity contribution in [2.45, 2.75) is 26.3 Å². The maximum atomic E-state index is 5.86. The second-order valence-electron chi connectivity index (χ2n) is 3.73. The van der Waals surface area contributed by atoms with Gasteiger partial charge in [-0.2, -0.15) is 0 Å². The lowest BCUT2D eigenvalue weighted by Crippen LogP contribution is -2.19. The fourth-order valence-electron chi connectivity index (χ4n) is 1.39. The van der Waals surface area contributed by atoms with Gasteiger partial charge >= 0.3 is 0 Å². The standard InChI is InChI=1S/C11H14ClN3OS/c1-3-6-13-7(2)10-14-15-11(16-10)8-4-5-9(12)17-8/h4-5,7,13H,3,6H2,1-2H3. The van der Waals surface area contributed by atoms with Gasteiger partial charge < -0.3 is 9.73 Å². The van der Waals surface area contributed by atoms with Crippen LogP contribution in [-0.4, -0.2) is 16.7 Å². The van der Waals surface area contributed by atoms with Crippen molar-refractivity contribution in [3.8, 4) is 10.8 Å². The van der Waals surface area contributed by atoms with Gasteiger partial charge in [0.1, 0.15) is 0 Å². The zero-order valence-corrected chi connectivity index (χ0v) is 11.3. The van der Waals surface area contributed by atoms with E-state index in [-0.39, 0.29) is 6.04 Å². The van der Waals surface area contributed by atoms with Crippen LogP contribution in [0.4, 0.5) is 0 Å². The van der Waals surface area contributed by atoms with Crippen molar-refractivity contribution in [3.63, 3.8) is 0 Å². The van der Waals surface area contributed by atoms with Crippen molar-refractivity contribution >= 4 is 22.9 Å². The zero-order chi connectivity index (χ0) is 12.3. The third kappa shape index (κ3) is 3.06. The lowest BCUT2D eigenvalue weighted by Gasteiger charge is -2.07. The molecule has 1 atom stereocenters. The molecule has 1 N–H and O–H groups in total. The van der Waals surface area contributed by atoms with Crippen LogP contribution < -0.4 is 5.32 Å². The van der Waals surface area contributed by atoms with E-state index in [9.17, 15) is 0 Å². The Bertz CT molecular complexity index is 483. The molecule has 17 heavy (non-hydrogen) atoms. The maximum Gasteiger partial charge on any atom is 0.257 e. The molecule has 2 aromatic heterocycles. The van der Waals surface area contributed by atoms with Gasteiger partial charge in [-0.25, -0.2) is 0 Å². The van der Waals surface area contributed by atoms with Crippen LogP contribution in [0.2, 0.25) is 4.34 Å². The minimum absolute atomic E-state index is 0.0756. The topological polar surface area (TPSA) is 51.0 Å². The van der Waals surface area contributed by atoms with Gasteiger partial charge in [-0.15, -0.1) is 21.5 Å². The van der Waals surface area contributed by atoms with E-state index in [2.05, 4.69) is 22.4 Å². The molecular formula is C11H14ClN3OS. The summed E-state index contributed by atoms with van der Waals surface area (Å²) in [5.41, 5.74) is 0. The predicted octanol–water partition coefficient (Wildman–Crippen LogP) is 3.51. The second kappa shape index (κ2) is 5.62. The lowest BCUT2D eigenvalue weighted by molar-refractivity contribution is 0.423. The first-order valence-corrected chi connectivity index (χ1v) is 6.72. The average molecular weight is 272 g/mol. The quantitative estimate of drug-likeness (QED) is 0.904. The summed E-state index contributed by atoms with van der Waals surface area (Å²) in [7, 11) is 0. The first-order valence-electron chi connectivity index (χ1n) is 5.53. The molecule has 0 spiro atoms. The van der Waals surface area contributed by atoms with Crippen molar-refractivity contribution in [2.75, 3.05) is 6.54 Å². The van der Waals surface area contributed by atoms with Gasteiger partial charge in [0.05, 0.1) is 15.3 Å². The highest BCUT2D eigenvalue weighted by molar-refractivity contribution is 7.19. The smallest absolute Gasteiger partial charge is 0.257 e. The molecule has 2 heterocycles. The van der Waals surface area contributed by atoms with Crippen molar-refractivity contribution in [3.05, 3.63) is 22.4 Å². The number of rotatable bonds is 5. The molecule has 92 valence electrons. The summed E-state index contributed by atoms with van der Waals surface area (Å²) in [5, 5.41) is 11.4. The Labute approximate surface area is 109 Å². The van der Waals surface area contributed by atoms with Crippen LogP contribution in [0, 0.1) is 0 Å². The van der Waals surface area contributed by atoms with E-state index in [4.69, 9.17) is 16.0 Å². The van der Waals surface area contributed by atoms with E-state index in [0.29, 0.717) is 11.8 Å². The summed E-state index contributed by atoms with van der Waals surface area (Å²) in [6.45, 7) is 5.06. The highest BCUT2D eigenvalue weighted by Gasteiger charge is 2.15. The summed E-state index contributed by atoms with van der Waals surface area (Å²) in [4.78, 5) is 0.899. The molecule has 2 rings (SSSR count). The lowest BCUT2D eigenvalue weighted by atomic mass is 10.3. The molecular weight excluding hydrogens is 258 g/mol. The van der Waals surface area contributed by atoms with E-state index < -0.39 is 0 Å². The minimum Gasteiger partial charge on any atom is -0.418 e. The number of nitrogens with one attached hydrogen (secondary N) is 1. The first-order chi connectivity index (χ1) is 8.20. The normalized spacial score (nSPS) is 12.9. The summed E-state index contributed by atoms with van der Waals surface area (Å²) in [5.74, 6) is 1.14. The Morgan fingerprint density at radius 1 is 1.47 bits per heavy atom. The summed E-state index contributed by atoms with van der Waals surface area (Å²) in [6.07, 6.45) is 1.08. The molecule has 0 fully saturated rings. The molecule has 0 aromatic carbocycles. The maximum absolute atomic E-state index is 5.86. The molecule has 0 bridgehead atoms. The van der Waals surface area contributed by atoms with Crippen molar-refractivity contribution in [1.82, 2.24) is 15.5 Å². The van der Waals surface area contributed by atoms with E-state index in [1.54, 1.807) is 0 Å². The number of thiophene rings is 1. The molecule has 0 aliphatic carbocycles. The second-order valence-corrected chi connectivity index (χ2v) is 5.44. The first kappa shape index (κ1) is 12.5. The Hall–Kier alpha value is -0.910. The monoisotopic (exact) mass is 271 g/mol. The van der Waals surface area contributed by atoms with Gasteiger partial charge in [-0.3, -0.25) is 0 Å². The fourth-order valence-corrected chi connectivity index (χ4v) is 2.35. The number of aromatic nitrogens is 2. The van der Waals surface area contributed by atoms with Gasteiger partial charge in [-0.1, -0.05) is 18.5 Å². The molecule has 6 heteroatoms. The van der Waals surface area contributed by atoms with Gasteiger partial charge in [0.25, 0.3) is 5.89 Å². The van der Waals surface area contributed by atoms with Crippen LogP contribution in [0.15, 0.2) is 16.5 Å². The Morgan fingerprint density at radius 2 is 2.29 bits per heavy atom. The molecule has 4 nitrogen and oxygen atoms in total. The molecule has 0 radical (unpaired) electrons. The van der Waals surface area contributed by atoms with Crippen molar-refractivity contribution < 1.29 is 4.42 Å². The van der Waals surface area contributed by atoms with E-state index in [0.717, 1.165) is 22.2 Å². The molecule has 0 aliphatic rings. The molecule has 0 saturated carbocycles. The molecule has 0 amide bonds. The fraction of sp³-hybridized carbons (Fsp3) is 0.455. The summed E-state index contributed by atoms with van der Waals surface area (Å²) >= 11 is 7.30. The SMILES string of the molecule is CCCNC(C)c1nnc(-c2ccc(Cl)s2)o1. The minimum atomic E-state index is 0.0756. The van der Waals surface area contributed by atoms with Gasteiger partial charge in [0.15, 0.2) is 0 Å². The number of hydrogen-bond donors (Lipinski definition) is 1. The Kier molecular flexibility index (Phi) is 4.15. The van der Waals surface area contributed by atoms with E-state index in [1.807, 2.05) is 19.1 Å². The highest BCUT2D eigenvalue weighted by atomic mass is 35.5. The molecule has 0 aliphatic heterocycles. The predicted molar refractivity (Wildman–Crippen MR) is 69.3 cm³/mol. The number of hydrogen-bond acceptors (Lipinski definition) is 5. The van der Waals surface area contributed by atoms with Crippen molar-refractivity contribution in [1.29, 1.82) is 0 Å². The van der Waals surface area contributed by atoms with Crippen molar-refractivity contribution in [2.24, 2.45) is 0 Å². The van der Waals surface area contributed by atoms with E-state index >= 15 is 0 Å². The zero-order valence-electron chi connectivity index (χ0n) is 9.74. The van der Waals surface area contributed by atoms with Gasteiger partial charge in [-0.05, 0) is 32.0 Å². The largest absolute Gasteiger partial charge is 0.418 e. The van der Waals surface area contributed by atoms with Crippen LogP contribution in [0.3, 0.4) is 0 Å². The van der Waals surface area contributed by atoms with Crippen LogP contribution in [0.5, 0.6) is 0 Å². The summed E-state index contributed by atoms with van der Waals surface area (Å²) < 4.78 is 6.33. The van der Waals surface area contributed by atoms with Crippen LogP contribution in [0.25, 0.3) is 10.8 Å². The third-order valence-electron chi connectivity index (χ3n) is 2.30. The third-order valence-corrected chi connectivity index (χ3v) is 3.51. The van der Waals surface area contributed by atoms with Gasteiger partial charge in [0, 0.05) is 0 Å². The van der Waals surface area contributed by atoms with Crippen LogP contribution in [-0.2, 0) is 0 Å². The van der Waals surface area contributed by atoms with Crippen LogP contribution in [0.1, 0.15) is 32.2 Å². The number of nitrogens with zero attached hydrogens (tertiary/aromatic N) is 2. The van der Waals surface area contributed by atoms with Gasteiger partial charge in [0.2, 0.25) is 5.89 Å². The van der Waals surface area contributed by atoms with Crippen LogP contribution >= 0.6 is 22.9 Å². The Morgan fingerprint density at radius 3 is 2.94 bits per heavy atom. The van der Waals surface area contributed by atoms with E-state index in [1.165, 1.54) is 11.3 Å². The Balaban J connectivity index is 2.10. The highest BCUT2D eigenvalue weighted by Crippen LogP contribution is 2.30. The molecule has 0 saturated heterocycles. The number of halogens is 1. The molecule has 2 aromatic rings. The molecule has 1 unspecified atom stereocenters. The average Bonchev–Trinajstić information content (AvgIpc) is 2.93.